The Kier molecular flexibility index (Phi) is 3.97. The molecule has 0 spiro atoms. The van der Waals surface area contributed by atoms with Gasteiger partial charge in [-0.3, -0.25) is 0 Å². The quantitative estimate of drug-likeness (QED) is 0.877. The molecule has 1 saturated heterocycles. The number of benzene rings is 1. The van der Waals surface area contributed by atoms with Crippen molar-refractivity contribution in [2.24, 2.45) is 5.73 Å². The molecule has 0 aliphatic carbocycles. The van der Waals surface area contributed by atoms with Crippen LogP contribution in [0.3, 0.4) is 0 Å². The second kappa shape index (κ2) is 5.47. The van der Waals surface area contributed by atoms with E-state index in [0.717, 1.165) is 24.8 Å². The van der Waals surface area contributed by atoms with Gasteiger partial charge >= 0.3 is 0 Å². The average molecular weight is 239 g/mol. The van der Waals surface area contributed by atoms with E-state index in [4.69, 9.17) is 15.2 Å². The van der Waals surface area contributed by atoms with Crippen LogP contribution in [0.2, 0.25) is 0 Å². The van der Waals surface area contributed by atoms with Gasteiger partial charge in [0, 0.05) is 5.56 Å². The Morgan fingerprint density at radius 3 is 3.00 bits per heavy atom. The summed E-state index contributed by atoms with van der Waals surface area (Å²) in [4.78, 5) is 0. The molecule has 2 rings (SSSR count). The van der Waals surface area contributed by atoms with Crippen LogP contribution in [0.25, 0.3) is 0 Å². The predicted molar refractivity (Wildman–Crippen MR) is 63.5 cm³/mol. The predicted octanol–water partition coefficient (Wildman–Crippen LogP) is 2.40. The molecule has 0 amide bonds. The van der Waals surface area contributed by atoms with Crippen molar-refractivity contribution in [3.05, 3.63) is 29.6 Å². The van der Waals surface area contributed by atoms with E-state index < -0.39 is 0 Å². The topological polar surface area (TPSA) is 44.5 Å². The minimum atomic E-state index is -0.258. The summed E-state index contributed by atoms with van der Waals surface area (Å²) in [5.41, 5.74) is 6.31. The lowest BCUT2D eigenvalue weighted by molar-refractivity contribution is 0.0400. The third-order valence-corrected chi connectivity index (χ3v) is 3.13. The molecule has 3 nitrogen and oxygen atoms in total. The van der Waals surface area contributed by atoms with Crippen LogP contribution in [-0.4, -0.2) is 19.8 Å². The van der Waals surface area contributed by atoms with Crippen molar-refractivity contribution in [3.8, 4) is 5.75 Å². The van der Waals surface area contributed by atoms with Crippen LogP contribution in [0.4, 0.5) is 4.39 Å². The van der Waals surface area contributed by atoms with Crippen LogP contribution in [0.5, 0.6) is 5.75 Å². The number of ether oxygens (including phenoxy) is 2. The van der Waals surface area contributed by atoms with E-state index >= 15 is 0 Å². The Morgan fingerprint density at radius 2 is 2.29 bits per heavy atom. The summed E-state index contributed by atoms with van der Waals surface area (Å²) >= 11 is 0. The molecule has 1 heterocycles. The minimum Gasteiger partial charge on any atom is -0.496 e. The molecule has 1 fully saturated rings. The number of rotatable bonds is 4. The molecule has 0 radical (unpaired) electrons. The highest BCUT2D eigenvalue weighted by Gasteiger charge is 2.28. The van der Waals surface area contributed by atoms with Crippen molar-refractivity contribution >= 4 is 0 Å². The lowest BCUT2D eigenvalue weighted by Gasteiger charge is -2.16. The molecule has 1 aliphatic rings. The molecule has 17 heavy (non-hydrogen) atoms. The zero-order chi connectivity index (χ0) is 12.3. The van der Waals surface area contributed by atoms with Gasteiger partial charge in [-0.15, -0.1) is 0 Å². The molecule has 0 aromatic heterocycles. The van der Waals surface area contributed by atoms with Crippen LogP contribution in [0, 0.1) is 5.82 Å². The Morgan fingerprint density at radius 1 is 1.47 bits per heavy atom. The highest BCUT2D eigenvalue weighted by molar-refractivity contribution is 5.36. The molecule has 0 bridgehead atoms. The molecule has 1 aliphatic heterocycles. The number of nitrogens with two attached hydrogens (primary N) is 1. The Labute approximate surface area is 101 Å². The summed E-state index contributed by atoms with van der Waals surface area (Å²) in [6.07, 6.45) is 2.84. The average Bonchev–Trinajstić information content (AvgIpc) is 2.78. The summed E-state index contributed by atoms with van der Waals surface area (Å²) in [6, 6.07) is 4.53. The van der Waals surface area contributed by atoms with Gasteiger partial charge in [0.05, 0.1) is 19.3 Å². The van der Waals surface area contributed by atoms with Gasteiger partial charge in [0.1, 0.15) is 11.6 Å². The monoisotopic (exact) mass is 239 g/mol. The summed E-state index contributed by atoms with van der Waals surface area (Å²) < 4.78 is 24.3. The van der Waals surface area contributed by atoms with Gasteiger partial charge in [0.2, 0.25) is 0 Å². The van der Waals surface area contributed by atoms with E-state index in [1.165, 1.54) is 12.1 Å². The largest absolute Gasteiger partial charge is 0.496 e. The van der Waals surface area contributed by atoms with E-state index in [2.05, 4.69) is 0 Å². The third-order valence-electron chi connectivity index (χ3n) is 3.13. The highest BCUT2D eigenvalue weighted by atomic mass is 19.1. The van der Waals surface area contributed by atoms with Crippen molar-refractivity contribution in [2.75, 3.05) is 13.7 Å². The van der Waals surface area contributed by atoms with Crippen molar-refractivity contribution in [3.63, 3.8) is 0 Å². The Bertz CT molecular complexity index is 384. The summed E-state index contributed by atoms with van der Waals surface area (Å²) in [6.45, 7) is 0.623. The molecule has 1 aromatic rings. The molecule has 2 atom stereocenters. The maximum absolute atomic E-state index is 13.3. The summed E-state index contributed by atoms with van der Waals surface area (Å²) in [7, 11) is 1.59. The summed E-state index contributed by atoms with van der Waals surface area (Å²) in [5.74, 6) is 0.427. The first-order valence-electron chi connectivity index (χ1n) is 5.93. The molecule has 1 aromatic carbocycles. The van der Waals surface area contributed by atoms with Gasteiger partial charge in [-0.05, 0) is 44.0 Å². The Hall–Kier alpha value is -1.13. The van der Waals surface area contributed by atoms with Gasteiger partial charge in [0.25, 0.3) is 0 Å². The van der Waals surface area contributed by atoms with E-state index in [1.807, 2.05) is 0 Å². The molecule has 4 heteroatoms. The van der Waals surface area contributed by atoms with Crippen molar-refractivity contribution in [1.29, 1.82) is 0 Å². The lowest BCUT2D eigenvalue weighted by Crippen LogP contribution is -2.13. The van der Waals surface area contributed by atoms with Crippen LogP contribution in [0.15, 0.2) is 18.2 Å². The van der Waals surface area contributed by atoms with E-state index in [9.17, 15) is 4.39 Å². The minimum absolute atomic E-state index is 0.0720. The molecule has 2 N–H and O–H groups in total. The maximum Gasteiger partial charge on any atom is 0.124 e. The lowest BCUT2D eigenvalue weighted by atomic mass is 10.0. The molecule has 0 unspecified atom stereocenters. The molecule has 0 saturated carbocycles. The van der Waals surface area contributed by atoms with Crippen LogP contribution < -0.4 is 10.5 Å². The number of methoxy groups -OCH3 is 1. The maximum atomic E-state index is 13.3. The first-order valence-corrected chi connectivity index (χ1v) is 5.93. The zero-order valence-corrected chi connectivity index (χ0v) is 9.99. The number of halogens is 1. The molecule has 94 valence electrons. The fraction of sp³-hybridized carbons (Fsp3) is 0.538. The van der Waals surface area contributed by atoms with Crippen molar-refractivity contribution in [1.82, 2.24) is 0 Å². The zero-order valence-electron chi connectivity index (χ0n) is 9.99. The fourth-order valence-corrected chi connectivity index (χ4v) is 2.29. The van der Waals surface area contributed by atoms with Crippen molar-refractivity contribution in [2.45, 2.75) is 31.5 Å². The Balaban J connectivity index is 2.14. The normalized spacial score (nSPS) is 23.9. The van der Waals surface area contributed by atoms with Gasteiger partial charge in [-0.1, -0.05) is 0 Å². The van der Waals surface area contributed by atoms with Gasteiger partial charge in [0.15, 0.2) is 0 Å². The third kappa shape index (κ3) is 2.76. The first kappa shape index (κ1) is 12.3. The van der Waals surface area contributed by atoms with Gasteiger partial charge in [-0.25, -0.2) is 4.39 Å². The van der Waals surface area contributed by atoms with Gasteiger partial charge in [-0.2, -0.15) is 0 Å². The second-order valence-electron chi connectivity index (χ2n) is 4.29. The molecular formula is C13H18FNO2. The molecular weight excluding hydrogens is 221 g/mol. The fourth-order valence-electron chi connectivity index (χ4n) is 2.29. The smallest absolute Gasteiger partial charge is 0.124 e. The van der Waals surface area contributed by atoms with Crippen LogP contribution in [0.1, 0.15) is 30.9 Å². The van der Waals surface area contributed by atoms with Crippen LogP contribution >= 0.6 is 0 Å². The van der Waals surface area contributed by atoms with Crippen LogP contribution in [-0.2, 0) is 4.74 Å². The van der Waals surface area contributed by atoms with Gasteiger partial charge < -0.3 is 15.2 Å². The SMILES string of the molecule is COc1ccc(F)cc1[C@H]1CC[C@@H](CCN)O1. The summed E-state index contributed by atoms with van der Waals surface area (Å²) in [5, 5.41) is 0. The van der Waals surface area contributed by atoms with E-state index in [1.54, 1.807) is 13.2 Å². The highest BCUT2D eigenvalue weighted by Crippen LogP contribution is 2.38. The van der Waals surface area contributed by atoms with Crippen molar-refractivity contribution < 1.29 is 13.9 Å². The van der Waals surface area contributed by atoms with E-state index in [-0.39, 0.29) is 18.0 Å². The number of hydrogen-bond donors (Lipinski definition) is 1. The second-order valence-corrected chi connectivity index (χ2v) is 4.29. The standard InChI is InChI=1S/C13H18FNO2/c1-16-12-4-2-9(14)8-11(12)13-5-3-10(17-13)6-7-15/h2,4,8,10,13H,3,5-7,15H2,1H3/t10-,13+/m0/s1. The van der Waals surface area contributed by atoms with E-state index in [0.29, 0.717) is 12.3 Å². The first-order chi connectivity index (χ1) is 8.24. The number of hydrogen-bond acceptors (Lipinski definition) is 3.